The molecule has 3 N–H and O–H groups in total. The smallest absolute Gasteiger partial charge is 0.244 e. The molecule has 1 rings (SSSR count). The Morgan fingerprint density at radius 2 is 2.06 bits per heavy atom. The summed E-state index contributed by atoms with van der Waals surface area (Å²) in [6.45, 7) is 4.92. The zero-order valence-corrected chi connectivity index (χ0v) is 10.8. The summed E-state index contributed by atoms with van der Waals surface area (Å²) in [4.78, 5) is 11.9. The van der Waals surface area contributed by atoms with Crippen LogP contribution in [0.15, 0.2) is 12.1 Å². The molecule has 1 atom stereocenters. The number of hydrogen-bond donors (Lipinski definition) is 2. The van der Waals surface area contributed by atoms with E-state index < -0.39 is 28.8 Å². The average molecular weight is 256 g/mol. The van der Waals surface area contributed by atoms with Crippen molar-refractivity contribution in [1.29, 1.82) is 0 Å². The number of carbonyl (C=O) groups excluding carboxylic acids is 1. The van der Waals surface area contributed by atoms with Gasteiger partial charge in [-0.1, -0.05) is 19.4 Å². The molecule has 0 fully saturated rings. The van der Waals surface area contributed by atoms with E-state index >= 15 is 0 Å². The van der Waals surface area contributed by atoms with Gasteiger partial charge in [-0.15, -0.1) is 0 Å². The number of carbonyl (C=O) groups is 1. The number of hydrogen-bond acceptors (Lipinski definition) is 2. The van der Waals surface area contributed by atoms with Crippen molar-refractivity contribution in [3.05, 3.63) is 29.3 Å². The number of nitrogens with two attached hydrogens (primary N) is 1. The zero-order valence-electron chi connectivity index (χ0n) is 10.8. The molecule has 0 spiro atoms. The van der Waals surface area contributed by atoms with E-state index in [2.05, 4.69) is 5.32 Å². The van der Waals surface area contributed by atoms with Crippen molar-refractivity contribution in [2.75, 3.05) is 5.32 Å². The summed E-state index contributed by atoms with van der Waals surface area (Å²) < 4.78 is 27.2. The van der Waals surface area contributed by atoms with Gasteiger partial charge in [0.2, 0.25) is 5.91 Å². The van der Waals surface area contributed by atoms with Crippen LogP contribution in [-0.2, 0) is 4.79 Å². The van der Waals surface area contributed by atoms with Crippen LogP contribution in [0.2, 0.25) is 0 Å². The van der Waals surface area contributed by atoms with Crippen molar-refractivity contribution in [3.63, 3.8) is 0 Å². The Labute approximate surface area is 105 Å². The first-order valence-electron chi connectivity index (χ1n) is 5.84. The van der Waals surface area contributed by atoms with Gasteiger partial charge < -0.3 is 11.1 Å². The van der Waals surface area contributed by atoms with E-state index in [1.807, 2.05) is 6.92 Å². The van der Waals surface area contributed by atoms with Gasteiger partial charge in [0.25, 0.3) is 0 Å². The molecular formula is C13H18F2N2O. The van der Waals surface area contributed by atoms with Crippen molar-refractivity contribution >= 4 is 11.6 Å². The molecule has 1 aromatic carbocycles. The number of anilines is 1. The molecule has 3 nitrogen and oxygen atoms in total. The van der Waals surface area contributed by atoms with Gasteiger partial charge in [0.1, 0.15) is 11.5 Å². The number of amides is 1. The quantitative estimate of drug-likeness (QED) is 0.870. The molecule has 1 aromatic rings. The Balaban J connectivity index is 2.99. The Morgan fingerprint density at radius 3 is 2.61 bits per heavy atom. The lowest BCUT2D eigenvalue weighted by atomic mass is 9.96. The molecule has 0 aliphatic heterocycles. The lowest BCUT2D eigenvalue weighted by Gasteiger charge is -2.23. The maximum atomic E-state index is 13.7. The first kappa shape index (κ1) is 14.6. The lowest BCUT2D eigenvalue weighted by Crippen LogP contribution is -2.48. The molecule has 0 bridgehead atoms. The maximum absolute atomic E-state index is 13.7. The largest absolute Gasteiger partial charge is 0.320 e. The monoisotopic (exact) mass is 256 g/mol. The molecule has 0 saturated carbocycles. The minimum atomic E-state index is -1.14. The molecule has 0 heterocycles. The molecule has 0 aliphatic rings. The van der Waals surface area contributed by atoms with Crippen LogP contribution in [0.3, 0.4) is 0 Å². The summed E-state index contributed by atoms with van der Waals surface area (Å²) in [6, 6.07) is 2.43. The number of benzene rings is 1. The highest BCUT2D eigenvalue weighted by Crippen LogP contribution is 2.23. The van der Waals surface area contributed by atoms with E-state index in [1.54, 1.807) is 0 Å². The number of aryl methyl sites for hydroxylation is 1. The molecule has 5 heteroatoms. The fraction of sp³-hybridized carbons (Fsp3) is 0.462. The highest BCUT2D eigenvalue weighted by molar-refractivity contribution is 5.97. The molecule has 100 valence electrons. The fourth-order valence-electron chi connectivity index (χ4n) is 1.66. The molecule has 0 saturated heterocycles. The van der Waals surface area contributed by atoms with Crippen molar-refractivity contribution in [3.8, 4) is 0 Å². The third-order valence-corrected chi connectivity index (χ3v) is 2.81. The molecule has 1 unspecified atom stereocenters. The van der Waals surface area contributed by atoms with Crippen molar-refractivity contribution in [2.45, 2.75) is 39.2 Å². The Bertz CT molecular complexity index is 459. The van der Waals surface area contributed by atoms with Crippen LogP contribution >= 0.6 is 0 Å². The van der Waals surface area contributed by atoms with Gasteiger partial charge in [-0.25, -0.2) is 8.78 Å². The number of halogens is 2. The second-order valence-electron chi connectivity index (χ2n) is 4.67. The second-order valence-corrected chi connectivity index (χ2v) is 4.67. The van der Waals surface area contributed by atoms with E-state index in [0.717, 1.165) is 6.07 Å². The van der Waals surface area contributed by atoms with E-state index in [9.17, 15) is 13.6 Å². The maximum Gasteiger partial charge on any atom is 0.244 e. The summed E-state index contributed by atoms with van der Waals surface area (Å²) in [6.07, 6.45) is 1.15. The average Bonchev–Trinajstić information content (AvgIpc) is 2.29. The topological polar surface area (TPSA) is 55.1 Å². The van der Waals surface area contributed by atoms with Gasteiger partial charge in [-0.2, -0.15) is 0 Å². The van der Waals surface area contributed by atoms with E-state index in [4.69, 9.17) is 5.73 Å². The van der Waals surface area contributed by atoms with Gasteiger partial charge in [0.05, 0.1) is 5.54 Å². The van der Waals surface area contributed by atoms with Crippen molar-refractivity contribution in [2.24, 2.45) is 5.73 Å². The first-order valence-corrected chi connectivity index (χ1v) is 5.84. The third kappa shape index (κ3) is 3.04. The standard InChI is InChI=1S/C13H18F2N2O/c1-4-7-13(3,16)12(18)17-11-9(14)6-5-8(2)10(11)15/h5-6H,4,7,16H2,1-3H3,(H,17,18). The SMILES string of the molecule is CCCC(C)(N)C(=O)Nc1c(F)ccc(C)c1F. The van der Waals surface area contributed by atoms with Gasteiger partial charge in [-0.05, 0) is 31.9 Å². The second kappa shape index (κ2) is 5.44. The minimum absolute atomic E-state index is 0.265. The number of nitrogens with one attached hydrogen (secondary N) is 1. The molecule has 0 aliphatic carbocycles. The normalized spacial score (nSPS) is 14.1. The van der Waals surface area contributed by atoms with Crippen LogP contribution in [0.5, 0.6) is 0 Å². The van der Waals surface area contributed by atoms with Gasteiger partial charge in [0, 0.05) is 0 Å². The summed E-state index contributed by atoms with van der Waals surface area (Å²) in [5, 5.41) is 2.23. The van der Waals surface area contributed by atoms with Crippen LogP contribution in [0.25, 0.3) is 0 Å². The Hall–Kier alpha value is -1.49. The van der Waals surface area contributed by atoms with Crippen LogP contribution < -0.4 is 11.1 Å². The molecule has 0 aromatic heterocycles. The van der Waals surface area contributed by atoms with Crippen molar-refractivity contribution < 1.29 is 13.6 Å². The van der Waals surface area contributed by atoms with Crippen LogP contribution in [-0.4, -0.2) is 11.4 Å². The number of rotatable bonds is 4. The van der Waals surface area contributed by atoms with E-state index in [1.165, 1.54) is 19.9 Å². The molecule has 1 amide bonds. The molecular weight excluding hydrogens is 238 g/mol. The predicted octanol–water partition coefficient (Wildman–Crippen LogP) is 2.73. The summed E-state index contributed by atoms with van der Waals surface area (Å²) >= 11 is 0. The molecule has 0 radical (unpaired) electrons. The Kier molecular flexibility index (Phi) is 4.40. The van der Waals surface area contributed by atoms with E-state index in [0.29, 0.717) is 12.8 Å². The summed E-state index contributed by atoms with van der Waals surface area (Å²) in [7, 11) is 0. The first-order chi connectivity index (χ1) is 8.29. The highest BCUT2D eigenvalue weighted by atomic mass is 19.1. The van der Waals surface area contributed by atoms with Gasteiger partial charge in [-0.3, -0.25) is 4.79 Å². The van der Waals surface area contributed by atoms with Gasteiger partial charge >= 0.3 is 0 Å². The fourth-order valence-corrected chi connectivity index (χ4v) is 1.66. The lowest BCUT2D eigenvalue weighted by molar-refractivity contribution is -0.120. The van der Waals surface area contributed by atoms with Crippen molar-refractivity contribution in [1.82, 2.24) is 0 Å². The Morgan fingerprint density at radius 1 is 1.44 bits per heavy atom. The van der Waals surface area contributed by atoms with E-state index in [-0.39, 0.29) is 5.56 Å². The van der Waals surface area contributed by atoms with Gasteiger partial charge in [0.15, 0.2) is 5.82 Å². The summed E-state index contributed by atoms with van der Waals surface area (Å²) in [5.74, 6) is -2.16. The summed E-state index contributed by atoms with van der Waals surface area (Å²) in [5.41, 5.74) is 4.49. The predicted molar refractivity (Wildman–Crippen MR) is 67.2 cm³/mol. The zero-order chi connectivity index (χ0) is 13.9. The van der Waals surface area contributed by atoms with Crippen LogP contribution in [0.1, 0.15) is 32.3 Å². The minimum Gasteiger partial charge on any atom is -0.320 e. The highest BCUT2D eigenvalue weighted by Gasteiger charge is 2.28. The van der Waals surface area contributed by atoms with Crippen LogP contribution in [0.4, 0.5) is 14.5 Å². The molecule has 18 heavy (non-hydrogen) atoms. The van der Waals surface area contributed by atoms with Crippen LogP contribution in [0, 0.1) is 18.6 Å². The third-order valence-electron chi connectivity index (χ3n) is 2.81.